The number of aromatic nitrogens is 1. The van der Waals surface area contributed by atoms with Gasteiger partial charge in [0.25, 0.3) is 0 Å². The number of nitrogens with zero attached hydrogens (tertiary/aromatic N) is 1. The average molecular weight is 247 g/mol. The Morgan fingerprint density at radius 3 is 2.78 bits per heavy atom. The maximum Gasteiger partial charge on any atom is 0.143 e. The first kappa shape index (κ1) is 12.5. The molecule has 4 heteroatoms. The highest BCUT2D eigenvalue weighted by Crippen LogP contribution is 2.29. The summed E-state index contributed by atoms with van der Waals surface area (Å²) in [6.45, 7) is 1.79. The van der Waals surface area contributed by atoms with Gasteiger partial charge >= 0.3 is 0 Å². The predicted octanol–water partition coefficient (Wildman–Crippen LogP) is 2.62. The monoisotopic (exact) mass is 247 g/mol. The quantitative estimate of drug-likeness (QED) is 0.906. The van der Waals surface area contributed by atoms with Crippen LogP contribution in [0.4, 0.5) is 4.39 Å². The Morgan fingerprint density at radius 1 is 1.33 bits per heavy atom. The molecule has 0 aliphatic rings. The van der Waals surface area contributed by atoms with E-state index in [1.165, 1.54) is 19.4 Å². The molecule has 1 atom stereocenters. The molecule has 0 aliphatic heterocycles. The molecule has 1 heterocycles. The van der Waals surface area contributed by atoms with Crippen LogP contribution in [0.5, 0.6) is 5.75 Å². The molecule has 1 aromatic carbocycles. The Balaban J connectivity index is 2.44. The lowest BCUT2D eigenvalue weighted by Gasteiger charge is -2.14. The van der Waals surface area contributed by atoms with Crippen LogP contribution in [-0.4, -0.2) is 17.2 Å². The number of aliphatic hydroxyl groups is 1. The SMILES string of the molecule is COc1cccnc1C(O)c1ccc(C)cc1F. The molecular formula is C14H14FNO2. The smallest absolute Gasteiger partial charge is 0.143 e. The molecule has 0 saturated carbocycles. The molecule has 2 aromatic rings. The molecule has 3 nitrogen and oxygen atoms in total. The van der Waals surface area contributed by atoms with Crippen LogP contribution in [0.15, 0.2) is 36.5 Å². The lowest BCUT2D eigenvalue weighted by molar-refractivity contribution is 0.204. The highest BCUT2D eigenvalue weighted by atomic mass is 19.1. The van der Waals surface area contributed by atoms with Gasteiger partial charge in [0.05, 0.1) is 7.11 Å². The van der Waals surface area contributed by atoms with E-state index in [-0.39, 0.29) is 5.56 Å². The molecule has 1 aromatic heterocycles. The average Bonchev–Trinajstić information content (AvgIpc) is 2.38. The van der Waals surface area contributed by atoms with E-state index in [1.807, 2.05) is 0 Å². The Labute approximate surface area is 105 Å². The zero-order valence-corrected chi connectivity index (χ0v) is 10.2. The molecule has 0 amide bonds. The second-order valence-electron chi connectivity index (χ2n) is 4.02. The van der Waals surface area contributed by atoms with Crippen LogP contribution in [0.2, 0.25) is 0 Å². The number of rotatable bonds is 3. The molecule has 0 spiro atoms. The summed E-state index contributed by atoms with van der Waals surface area (Å²) >= 11 is 0. The van der Waals surface area contributed by atoms with Gasteiger partial charge in [-0.15, -0.1) is 0 Å². The Morgan fingerprint density at radius 2 is 2.11 bits per heavy atom. The van der Waals surface area contributed by atoms with Gasteiger partial charge < -0.3 is 9.84 Å². The zero-order valence-electron chi connectivity index (χ0n) is 10.2. The number of halogens is 1. The number of pyridine rings is 1. The minimum absolute atomic E-state index is 0.192. The highest BCUT2D eigenvalue weighted by molar-refractivity contribution is 5.36. The third-order valence-electron chi connectivity index (χ3n) is 2.73. The fourth-order valence-corrected chi connectivity index (χ4v) is 1.78. The van der Waals surface area contributed by atoms with E-state index in [0.717, 1.165) is 5.56 Å². The van der Waals surface area contributed by atoms with E-state index >= 15 is 0 Å². The van der Waals surface area contributed by atoms with Gasteiger partial charge in [0.1, 0.15) is 23.4 Å². The minimum Gasteiger partial charge on any atom is -0.495 e. The maximum absolute atomic E-state index is 13.8. The number of methoxy groups -OCH3 is 1. The van der Waals surface area contributed by atoms with Crippen molar-refractivity contribution in [3.8, 4) is 5.75 Å². The summed E-state index contributed by atoms with van der Waals surface area (Å²) in [6.07, 6.45) is 0.398. The lowest BCUT2D eigenvalue weighted by atomic mass is 10.0. The number of hydrogen-bond acceptors (Lipinski definition) is 3. The lowest BCUT2D eigenvalue weighted by Crippen LogP contribution is -2.07. The number of hydrogen-bond donors (Lipinski definition) is 1. The zero-order chi connectivity index (χ0) is 13.1. The number of aliphatic hydroxyl groups excluding tert-OH is 1. The van der Waals surface area contributed by atoms with Gasteiger partial charge in [-0.2, -0.15) is 0 Å². The van der Waals surface area contributed by atoms with Crippen molar-refractivity contribution in [2.75, 3.05) is 7.11 Å². The molecule has 0 aliphatic carbocycles. The summed E-state index contributed by atoms with van der Waals surface area (Å²) in [7, 11) is 1.48. The van der Waals surface area contributed by atoms with Gasteiger partial charge in [0.2, 0.25) is 0 Å². The minimum atomic E-state index is -1.14. The Hall–Kier alpha value is -1.94. The first-order valence-corrected chi connectivity index (χ1v) is 5.56. The van der Waals surface area contributed by atoms with Crippen LogP contribution < -0.4 is 4.74 Å². The van der Waals surface area contributed by atoms with Crippen molar-refractivity contribution in [2.24, 2.45) is 0 Å². The van der Waals surface area contributed by atoms with Crippen molar-refractivity contribution in [1.29, 1.82) is 0 Å². The first-order chi connectivity index (χ1) is 8.63. The van der Waals surface area contributed by atoms with E-state index in [9.17, 15) is 9.50 Å². The van der Waals surface area contributed by atoms with Gasteiger partial charge in [-0.05, 0) is 30.7 Å². The van der Waals surface area contributed by atoms with E-state index < -0.39 is 11.9 Å². The first-order valence-electron chi connectivity index (χ1n) is 5.56. The Kier molecular flexibility index (Phi) is 3.58. The number of ether oxygens (including phenoxy) is 1. The normalized spacial score (nSPS) is 12.2. The van der Waals surface area contributed by atoms with Crippen LogP contribution >= 0.6 is 0 Å². The van der Waals surface area contributed by atoms with Gasteiger partial charge in [-0.3, -0.25) is 4.98 Å². The molecule has 0 fully saturated rings. The van der Waals surface area contributed by atoms with Crippen molar-refractivity contribution in [2.45, 2.75) is 13.0 Å². The standard InChI is InChI=1S/C14H14FNO2/c1-9-5-6-10(11(15)8-9)14(17)13-12(18-2)4-3-7-16-13/h3-8,14,17H,1-2H3. The molecule has 0 saturated heterocycles. The summed E-state index contributed by atoms with van der Waals surface area (Å²) in [5, 5.41) is 10.2. The van der Waals surface area contributed by atoms with E-state index in [2.05, 4.69) is 4.98 Å². The van der Waals surface area contributed by atoms with Crippen LogP contribution in [0.1, 0.15) is 22.9 Å². The second kappa shape index (κ2) is 5.14. The number of benzene rings is 1. The molecule has 2 rings (SSSR count). The van der Waals surface area contributed by atoms with Gasteiger partial charge in [-0.25, -0.2) is 4.39 Å². The third kappa shape index (κ3) is 2.33. The van der Waals surface area contributed by atoms with Crippen LogP contribution in [0, 0.1) is 12.7 Å². The van der Waals surface area contributed by atoms with Gasteiger partial charge in [0.15, 0.2) is 0 Å². The largest absolute Gasteiger partial charge is 0.495 e. The Bertz CT molecular complexity index is 557. The topological polar surface area (TPSA) is 42.4 Å². The molecule has 0 bridgehead atoms. The summed E-state index contributed by atoms with van der Waals surface area (Å²) in [4.78, 5) is 4.05. The maximum atomic E-state index is 13.8. The number of aryl methyl sites for hydroxylation is 1. The molecule has 18 heavy (non-hydrogen) atoms. The highest BCUT2D eigenvalue weighted by Gasteiger charge is 2.19. The van der Waals surface area contributed by atoms with Crippen molar-refractivity contribution >= 4 is 0 Å². The molecular weight excluding hydrogens is 233 g/mol. The molecule has 1 N–H and O–H groups in total. The van der Waals surface area contributed by atoms with Crippen LogP contribution in [0.25, 0.3) is 0 Å². The summed E-state index contributed by atoms with van der Waals surface area (Å²) in [5.74, 6) is -0.0137. The van der Waals surface area contributed by atoms with Crippen LogP contribution in [-0.2, 0) is 0 Å². The predicted molar refractivity (Wildman–Crippen MR) is 66.0 cm³/mol. The molecule has 0 radical (unpaired) electrons. The van der Waals surface area contributed by atoms with Gasteiger partial charge in [-0.1, -0.05) is 12.1 Å². The van der Waals surface area contributed by atoms with Crippen molar-refractivity contribution in [3.63, 3.8) is 0 Å². The van der Waals surface area contributed by atoms with Gasteiger partial charge in [0, 0.05) is 11.8 Å². The second-order valence-corrected chi connectivity index (χ2v) is 4.02. The van der Waals surface area contributed by atoms with Crippen molar-refractivity contribution in [3.05, 3.63) is 59.2 Å². The fourth-order valence-electron chi connectivity index (χ4n) is 1.78. The summed E-state index contributed by atoms with van der Waals surface area (Å²) in [5.41, 5.74) is 1.30. The van der Waals surface area contributed by atoms with E-state index in [0.29, 0.717) is 11.4 Å². The molecule has 94 valence electrons. The summed E-state index contributed by atoms with van der Waals surface area (Å²) < 4.78 is 18.9. The van der Waals surface area contributed by atoms with Crippen LogP contribution in [0.3, 0.4) is 0 Å². The third-order valence-corrected chi connectivity index (χ3v) is 2.73. The van der Waals surface area contributed by atoms with Crippen molar-refractivity contribution in [1.82, 2.24) is 4.98 Å². The molecule has 1 unspecified atom stereocenters. The fraction of sp³-hybridized carbons (Fsp3) is 0.214. The summed E-state index contributed by atoms with van der Waals surface area (Å²) in [6, 6.07) is 8.06. The van der Waals surface area contributed by atoms with E-state index in [4.69, 9.17) is 4.74 Å². The van der Waals surface area contributed by atoms with E-state index in [1.54, 1.807) is 31.2 Å². The van der Waals surface area contributed by atoms with Crippen molar-refractivity contribution < 1.29 is 14.2 Å².